The van der Waals surface area contributed by atoms with Crippen LogP contribution >= 0.6 is 0 Å². The second-order valence-corrected chi connectivity index (χ2v) is 16.4. The minimum absolute atomic E-state index is 0.0601. The molecule has 2 aromatic carbocycles. The Morgan fingerprint density at radius 2 is 0.976 bits per heavy atom. The number of phenolic OH excluding ortho intramolecular Hbond substituents is 2. The molecule has 0 amide bonds. The molecule has 8 aliphatic rings. The van der Waals surface area contributed by atoms with Gasteiger partial charge in [-0.3, -0.25) is 0 Å². The number of halogens is 1. The molecule has 0 spiro atoms. The van der Waals surface area contributed by atoms with Crippen LogP contribution in [-0.4, -0.2) is 10.2 Å². The highest BCUT2D eigenvalue weighted by Gasteiger charge is 2.53. The van der Waals surface area contributed by atoms with Crippen LogP contribution < -0.4 is 0 Å². The average Bonchev–Trinajstić information content (AvgIpc) is 2.89. The van der Waals surface area contributed by atoms with Gasteiger partial charge in [0.25, 0.3) is 0 Å². The molecule has 2 nitrogen and oxygen atoms in total. The predicted octanol–water partition coefficient (Wildman–Crippen LogP) is 10.1. The highest BCUT2D eigenvalue weighted by molar-refractivity contribution is 5.46. The molecule has 0 aromatic heterocycles. The van der Waals surface area contributed by atoms with Crippen molar-refractivity contribution < 1.29 is 14.6 Å². The third kappa shape index (κ3) is 4.82. The van der Waals surface area contributed by atoms with E-state index in [1.165, 1.54) is 75.0 Å². The van der Waals surface area contributed by atoms with E-state index in [1.54, 1.807) is 0 Å². The topological polar surface area (TPSA) is 40.5 Å². The molecule has 10 rings (SSSR count). The molecule has 8 fully saturated rings. The summed E-state index contributed by atoms with van der Waals surface area (Å²) in [5, 5.41) is 20.9. The van der Waals surface area contributed by atoms with Crippen LogP contribution in [0.15, 0.2) is 30.3 Å². The zero-order valence-electron chi connectivity index (χ0n) is 25.8. The van der Waals surface area contributed by atoms with Gasteiger partial charge < -0.3 is 10.2 Å². The summed E-state index contributed by atoms with van der Waals surface area (Å²) in [6.07, 6.45) is 16.0. The van der Waals surface area contributed by atoms with Gasteiger partial charge in [0.2, 0.25) is 0 Å². The van der Waals surface area contributed by atoms with Gasteiger partial charge in [0, 0.05) is 11.1 Å². The van der Waals surface area contributed by atoms with Gasteiger partial charge >= 0.3 is 0 Å². The lowest BCUT2D eigenvalue weighted by atomic mass is 9.48. The van der Waals surface area contributed by atoms with E-state index in [0.717, 1.165) is 65.9 Å². The fourth-order valence-electron chi connectivity index (χ4n) is 11.6. The summed E-state index contributed by atoms with van der Waals surface area (Å²) in [6, 6.07) is 10.0. The second-order valence-electron chi connectivity index (χ2n) is 16.4. The summed E-state index contributed by atoms with van der Waals surface area (Å²) in [4.78, 5) is 0. The molecule has 8 aliphatic carbocycles. The highest BCUT2D eigenvalue weighted by atomic mass is 19.1. The first-order chi connectivity index (χ1) is 19.5. The maximum Gasteiger partial charge on any atom is 0.165 e. The Kier molecular flexibility index (Phi) is 6.79. The molecule has 0 radical (unpaired) electrons. The van der Waals surface area contributed by atoms with Gasteiger partial charge in [0.1, 0.15) is 5.75 Å². The van der Waals surface area contributed by atoms with Crippen LogP contribution in [0.25, 0.3) is 0 Å². The van der Waals surface area contributed by atoms with Crippen molar-refractivity contribution in [3.63, 3.8) is 0 Å². The summed E-state index contributed by atoms with van der Waals surface area (Å²) < 4.78 is 14.2. The van der Waals surface area contributed by atoms with E-state index in [0.29, 0.717) is 23.0 Å². The van der Waals surface area contributed by atoms with Crippen molar-refractivity contribution in [3.05, 3.63) is 58.4 Å². The lowest BCUT2D eigenvalue weighted by Crippen LogP contribution is -2.48. The van der Waals surface area contributed by atoms with E-state index in [-0.39, 0.29) is 11.2 Å². The van der Waals surface area contributed by atoms with Crippen LogP contribution in [0, 0.1) is 41.3 Å². The largest absolute Gasteiger partial charge is 0.508 e. The molecule has 2 aromatic rings. The molecule has 222 valence electrons. The minimum atomic E-state index is -0.424. The van der Waals surface area contributed by atoms with Crippen molar-refractivity contribution in [1.82, 2.24) is 0 Å². The van der Waals surface area contributed by atoms with Gasteiger partial charge in [-0.1, -0.05) is 45.9 Å². The molecule has 8 saturated carbocycles. The Labute approximate surface area is 247 Å². The summed E-state index contributed by atoms with van der Waals surface area (Å²) in [7, 11) is 0. The SMILES string of the molecule is CC(C)c1cc(F)c(O)c(C23CC4CC(CC(C4)C2)C3)c1.CC(C)c1ccc(O)c(C23CC4CC(CC(C4)C2)C3)c1. The molecule has 2 N–H and O–H groups in total. The number of hydrogen-bond donors (Lipinski definition) is 2. The van der Waals surface area contributed by atoms with E-state index < -0.39 is 5.82 Å². The Bertz CT molecular complexity index is 1240. The van der Waals surface area contributed by atoms with Gasteiger partial charge in [-0.2, -0.15) is 0 Å². The minimum Gasteiger partial charge on any atom is -0.508 e. The van der Waals surface area contributed by atoms with Crippen LogP contribution in [0.3, 0.4) is 0 Å². The number of benzene rings is 2. The van der Waals surface area contributed by atoms with E-state index in [9.17, 15) is 14.6 Å². The molecule has 41 heavy (non-hydrogen) atoms. The van der Waals surface area contributed by atoms with Crippen molar-refractivity contribution in [2.75, 3.05) is 0 Å². The third-order valence-corrected chi connectivity index (χ3v) is 12.7. The van der Waals surface area contributed by atoms with E-state index in [1.807, 2.05) is 6.07 Å². The number of rotatable bonds is 4. The van der Waals surface area contributed by atoms with Crippen LogP contribution in [0.1, 0.15) is 139 Å². The third-order valence-electron chi connectivity index (χ3n) is 12.7. The van der Waals surface area contributed by atoms with E-state index >= 15 is 0 Å². The predicted molar refractivity (Wildman–Crippen MR) is 164 cm³/mol. The maximum absolute atomic E-state index is 14.2. The van der Waals surface area contributed by atoms with Gasteiger partial charge in [0.15, 0.2) is 11.6 Å². The number of phenols is 2. The average molecular weight is 559 g/mol. The highest BCUT2D eigenvalue weighted by Crippen LogP contribution is 2.63. The monoisotopic (exact) mass is 558 g/mol. The first kappa shape index (κ1) is 27.8. The van der Waals surface area contributed by atoms with E-state index in [4.69, 9.17) is 0 Å². The smallest absolute Gasteiger partial charge is 0.165 e. The Morgan fingerprint density at radius 3 is 1.39 bits per heavy atom. The van der Waals surface area contributed by atoms with E-state index in [2.05, 4.69) is 45.9 Å². The molecular weight excluding hydrogens is 507 g/mol. The lowest BCUT2D eigenvalue weighted by molar-refractivity contribution is -0.00646. The van der Waals surface area contributed by atoms with Crippen molar-refractivity contribution >= 4 is 0 Å². The van der Waals surface area contributed by atoms with Gasteiger partial charge in [-0.05, 0) is 158 Å². The molecular formula is C38H51FO2. The maximum atomic E-state index is 14.2. The second kappa shape index (κ2) is 10.0. The van der Waals surface area contributed by atoms with Gasteiger partial charge in [-0.15, -0.1) is 0 Å². The molecule has 3 heteroatoms. The zero-order chi connectivity index (χ0) is 28.7. The standard InChI is InChI=1S/C19H25FO.C19H26O/c1-11(2)15-6-16(18(21)17(20)7-15)19-8-12-3-13(9-19)5-14(4-12)10-19;1-12(2)16-3-4-18(20)17(8-16)19-9-13-5-14(10-19)7-15(6-13)11-19/h6-7,11-14,21H,3-5,8-10H2,1-2H3;3-4,8,12-15,20H,5-7,9-11H2,1-2H3. The van der Waals surface area contributed by atoms with Crippen LogP contribution in [0.2, 0.25) is 0 Å². The Balaban J connectivity index is 0.000000135. The van der Waals surface area contributed by atoms with Crippen molar-refractivity contribution in [1.29, 1.82) is 0 Å². The molecule has 0 unspecified atom stereocenters. The van der Waals surface area contributed by atoms with Crippen LogP contribution in [0.4, 0.5) is 4.39 Å². The van der Waals surface area contributed by atoms with Crippen molar-refractivity contribution in [3.8, 4) is 11.5 Å². The molecule has 8 bridgehead atoms. The first-order valence-electron chi connectivity index (χ1n) is 16.9. The summed E-state index contributed by atoms with van der Waals surface area (Å²) in [5.74, 6) is 6.12. The Morgan fingerprint density at radius 1 is 0.585 bits per heavy atom. The fraction of sp³-hybridized carbons (Fsp3) is 0.684. The summed E-state index contributed by atoms with van der Waals surface area (Å²) in [5.41, 5.74) is 4.98. The Hall–Kier alpha value is -2.03. The molecule has 0 aliphatic heterocycles. The normalized spacial score (nSPS) is 38.0. The van der Waals surface area contributed by atoms with Gasteiger partial charge in [-0.25, -0.2) is 4.39 Å². The number of aromatic hydroxyl groups is 2. The van der Waals surface area contributed by atoms with Crippen LogP contribution in [0.5, 0.6) is 11.5 Å². The van der Waals surface area contributed by atoms with Crippen molar-refractivity contribution in [2.45, 2.75) is 127 Å². The summed E-state index contributed by atoms with van der Waals surface area (Å²) >= 11 is 0. The first-order valence-corrected chi connectivity index (χ1v) is 16.9. The zero-order valence-corrected chi connectivity index (χ0v) is 25.8. The lowest BCUT2D eigenvalue weighted by Gasteiger charge is -2.57. The molecule has 0 heterocycles. The quantitative estimate of drug-likeness (QED) is 0.392. The van der Waals surface area contributed by atoms with Crippen LogP contribution in [-0.2, 0) is 10.8 Å². The van der Waals surface area contributed by atoms with Gasteiger partial charge in [0.05, 0.1) is 0 Å². The fourth-order valence-corrected chi connectivity index (χ4v) is 11.6. The molecule has 0 saturated heterocycles. The molecule has 0 atom stereocenters. The van der Waals surface area contributed by atoms with Crippen molar-refractivity contribution in [2.24, 2.45) is 35.5 Å². The number of hydrogen-bond acceptors (Lipinski definition) is 2. The summed E-state index contributed by atoms with van der Waals surface area (Å²) in [6.45, 7) is 8.68.